The van der Waals surface area contributed by atoms with E-state index >= 15 is 0 Å². The molecular formula is C60H59N3. The molecule has 0 heterocycles. The van der Waals surface area contributed by atoms with E-state index in [1.165, 1.54) is 97.0 Å². The zero-order valence-corrected chi connectivity index (χ0v) is 37.0. The number of unbranched alkanes of at least 4 members (excludes halogenated alkanes) is 5. The Labute approximate surface area is 375 Å². The molecule has 314 valence electrons. The first-order valence-electron chi connectivity index (χ1n) is 23.1. The molecule has 0 radical (unpaired) electrons. The van der Waals surface area contributed by atoms with Gasteiger partial charge in [0.15, 0.2) is 0 Å². The largest absolute Gasteiger partial charge is 0.345 e. The molecule has 8 aromatic carbocycles. The number of aryl methyl sites for hydroxylation is 5. The lowest BCUT2D eigenvalue weighted by Crippen LogP contribution is -2.12. The first kappa shape index (κ1) is 41.5. The third-order valence-corrected chi connectivity index (χ3v) is 12.8. The van der Waals surface area contributed by atoms with Gasteiger partial charge in [0.1, 0.15) is 0 Å². The topological polar surface area (TPSA) is 9.72 Å². The summed E-state index contributed by atoms with van der Waals surface area (Å²) >= 11 is 0. The maximum Gasteiger partial charge on any atom is 0.0463 e. The summed E-state index contributed by atoms with van der Waals surface area (Å²) < 4.78 is 0. The first-order valence-corrected chi connectivity index (χ1v) is 23.1. The molecule has 0 atom stereocenters. The minimum atomic E-state index is 1.11. The van der Waals surface area contributed by atoms with Gasteiger partial charge in [0.2, 0.25) is 0 Å². The predicted octanol–water partition coefficient (Wildman–Crippen LogP) is 16.6. The van der Waals surface area contributed by atoms with E-state index in [1.807, 2.05) is 0 Å². The fraction of sp³-hybridized carbons (Fsp3) is 0.200. The van der Waals surface area contributed by atoms with Gasteiger partial charge in [-0.25, -0.2) is 0 Å². The second-order valence-corrected chi connectivity index (χ2v) is 17.2. The van der Waals surface area contributed by atoms with Gasteiger partial charge < -0.3 is 14.7 Å². The Morgan fingerprint density at radius 3 is 1.19 bits per heavy atom. The number of fused-ring (bicyclic) bond motifs is 1. The highest BCUT2D eigenvalue weighted by molar-refractivity contribution is 5.82. The molecular weight excluding hydrogens is 763 g/mol. The Bertz CT molecular complexity index is 2650. The molecule has 1 aliphatic rings. The molecule has 0 aliphatic heterocycles. The first-order chi connectivity index (χ1) is 31.1. The molecule has 3 heteroatoms. The molecule has 0 saturated carbocycles. The summed E-state index contributed by atoms with van der Waals surface area (Å²) in [6.07, 6.45) is 12.8. The van der Waals surface area contributed by atoms with Crippen molar-refractivity contribution in [2.24, 2.45) is 0 Å². The monoisotopic (exact) mass is 821 g/mol. The molecule has 0 bridgehead atoms. The van der Waals surface area contributed by atoms with E-state index in [2.05, 4.69) is 229 Å². The van der Waals surface area contributed by atoms with Crippen LogP contribution in [0.15, 0.2) is 200 Å². The average molecular weight is 822 g/mol. The lowest BCUT2D eigenvalue weighted by atomic mass is 9.86. The van der Waals surface area contributed by atoms with Crippen molar-refractivity contribution >= 4 is 45.5 Å². The van der Waals surface area contributed by atoms with Crippen LogP contribution in [0.2, 0.25) is 0 Å². The summed E-state index contributed by atoms with van der Waals surface area (Å²) in [5.41, 5.74) is 18.8. The lowest BCUT2D eigenvalue weighted by Gasteiger charge is -2.28. The van der Waals surface area contributed by atoms with Crippen LogP contribution >= 0.6 is 0 Å². The third kappa shape index (κ3) is 10.1. The highest BCUT2D eigenvalue weighted by Gasteiger charge is 2.17. The van der Waals surface area contributed by atoms with Crippen LogP contribution < -0.4 is 14.7 Å². The average Bonchev–Trinajstić information content (AvgIpc) is 3.33. The summed E-state index contributed by atoms with van der Waals surface area (Å²) in [7, 11) is 2.11. The van der Waals surface area contributed by atoms with Crippen molar-refractivity contribution in [1.29, 1.82) is 0 Å². The Kier molecular flexibility index (Phi) is 13.1. The van der Waals surface area contributed by atoms with Crippen LogP contribution in [-0.4, -0.2) is 7.05 Å². The Balaban J connectivity index is 0.864. The third-order valence-electron chi connectivity index (χ3n) is 12.8. The van der Waals surface area contributed by atoms with Crippen LogP contribution in [0.3, 0.4) is 0 Å². The Morgan fingerprint density at radius 1 is 0.333 bits per heavy atom. The van der Waals surface area contributed by atoms with Gasteiger partial charge in [0, 0.05) is 52.5 Å². The molecule has 0 aromatic heterocycles. The van der Waals surface area contributed by atoms with Crippen molar-refractivity contribution in [3.63, 3.8) is 0 Å². The van der Waals surface area contributed by atoms with Gasteiger partial charge in [-0.05, 0) is 176 Å². The number of hydrogen-bond acceptors (Lipinski definition) is 3. The minimum absolute atomic E-state index is 1.11. The number of benzene rings is 8. The summed E-state index contributed by atoms with van der Waals surface area (Å²) in [5.74, 6) is 0. The smallest absolute Gasteiger partial charge is 0.0463 e. The molecule has 8 aromatic rings. The van der Waals surface area contributed by atoms with Crippen molar-refractivity contribution in [2.75, 3.05) is 21.7 Å². The number of para-hydroxylation sites is 2. The van der Waals surface area contributed by atoms with Crippen LogP contribution in [0.1, 0.15) is 66.3 Å². The van der Waals surface area contributed by atoms with E-state index in [4.69, 9.17) is 0 Å². The molecule has 63 heavy (non-hydrogen) atoms. The highest BCUT2D eigenvalue weighted by Crippen LogP contribution is 2.40. The number of nitrogens with zero attached hydrogens (tertiary/aromatic N) is 3. The van der Waals surface area contributed by atoms with E-state index in [0.29, 0.717) is 0 Å². The van der Waals surface area contributed by atoms with E-state index in [-0.39, 0.29) is 0 Å². The zero-order chi connectivity index (χ0) is 42.8. The van der Waals surface area contributed by atoms with Crippen LogP contribution in [0.5, 0.6) is 0 Å². The number of anilines is 8. The van der Waals surface area contributed by atoms with Gasteiger partial charge in [-0.1, -0.05) is 134 Å². The molecule has 0 spiro atoms. The minimum Gasteiger partial charge on any atom is -0.345 e. The van der Waals surface area contributed by atoms with Gasteiger partial charge in [-0.3, -0.25) is 0 Å². The van der Waals surface area contributed by atoms with Crippen LogP contribution in [0, 0.1) is 6.92 Å². The van der Waals surface area contributed by atoms with Crippen molar-refractivity contribution in [3.8, 4) is 11.1 Å². The van der Waals surface area contributed by atoms with Crippen LogP contribution in [0.25, 0.3) is 11.1 Å². The second-order valence-electron chi connectivity index (χ2n) is 17.2. The van der Waals surface area contributed by atoms with E-state index in [9.17, 15) is 0 Å². The van der Waals surface area contributed by atoms with Gasteiger partial charge in [-0.2, -0.15) is 0 Å². The maximum absolute atomic E-state index is 2.45. The maximum atomic E-state index is 2.45. The van der Waals surface area contributed by atoms with E-state index < -0.39 is 0 Å². The SMILES string of the molecule is Cc1ccc(N(c2ccc(CCCCCCCCc3ccc4c(c3)CC4)cc2)c2ccc(N(c3ccccc3)c3ccc(-c4ccc(N(C)c5ccccc5)cc4)cc3)cc2)cc1. The number of rotatable bonds is 18. The molecule has 3 nitrogen and oxygen atoms in total. The summed E-state index contributed by atoms with van der Waals surface area (Å²) in [6.45, 7) is 2.15. The standard InChI is InChI=1S/C60H59N3/c1-46-21-33-56(34-22-46)63(57-35-24-47(25-36-57)15-9-5-3-4-6-10-16-48-23-26-51-27-28-52(51)45-48)60-43-41-59(42-44-60)62(55-19-13-8-14-20-55)58-39-31-50(32-40-58)49-29-37-54(38-30-49)61(2)53-17-11-7-12-18-53/h7-8,11-14,17-26,29-45H,3-6,9-10,15-16,27-28H2,1-2H3. The molecule has 0 saturated heterocycles. The molecule has 0 unspecified atom stereocenters. The quantitative estimate of drug-likeness (QED) is 0.0798. The van der Waals surface area contributed by atoms with Crippen molar-refractivity contribution in [1.82, 2.24) is 0 Å². The molecule has 1 aliphatic carbocycles. The Hall–Kier alpha value is -6.84. The zero-order valence-electron chi connectivity index (χ0n) is 37.0. The lowest BCUT2D eigenvalue weighted by molar-refractivity contribution is 0.593. The van der Waals surface area contributed by atoms with Gasteiger partial charge in [0.05, 0.1) is 0 Å². The summed E-state index contributed by atoms with van der Waals surface area (Å²) in [5, 5.41) is 0. The summed E-state index contributed by atoms with van der Waals surface area (Å²) in [6, 6.07) is 73.2. The summed E-state index contributed by atoms with van der Waals surface area (Å²) in [4.78, 5) is 6.93. The fourth-order valence-electron chi connectivity index (χ4n) is 8.98. The van der Waals surface area contributed by atoms with Crippen molar-refractivity contribution in [2.45, 2.75) is 71.1 Å². The van der Waals surface area contributed by atoms with Crippen LogP contribution in [-0.2, 0) is 25.7 Å². The molecule has 0 amide bonds. The van der Waals surface area contributed by atoms with Crippen molar-refractivity contribution in [3.05, 3.63) is 228 Å². The van der Waals surface area contributed by atoms with Gasteiger partial charge in [-0.15, -0.1) is 0 Å². The van der Waals surface area contributed by atoms with Crippen LogP contribution in [0.4, 0.5) is 45.5 Å². The predicted molar refractivity (Wildman–Crippen MR) is 269 cm³/mol. The van der Waals surface area contributed by atoms with Crippen molar-refractivity contribution < 1.29 is 0 Å². The molecule has 9 rings (SSSR count). The van der Waals surface area contributed by atoms with Gasteiger partial charge in [0.25, 0.3) is 0 Å². The Morgan fingerprint density at radius 2 is 0.698 bits per heavy atom. The second kappa shape index (κ2) is 19.9. The fourth-order valence-corrected chi connectivity index (χ4v) is 8.98. The highest BCUT2D eigenvalue weighted by atomic mass is 15.2. The van der Waals surface area contributed by atoms with E-state index in [0.717, 1.165) is 40.5 Å². The molecule has 0 fully saturated rings. The number of hydrogen-bond donors (Lipinski definition) is 0. The van der Waals surface area contributed by atoms with Gasteiger partial charge >= 0.3 is 0 Å². The van der Waals surface area contributed by atoms with E-state index in [1.54, 1.807) is 11.1 Å². The normalized spacial score (nSPS) is 11.7. The molecule has 0 N–H and O–H groups in total.